The first-order valence-corrected chi connectivity index (χ1v) is 11.8. The fourth-order valence-corrected chi connectivity index (χ4v) is 2.26. The number of nitrogens with zero attached hydrogens (tertiary/aromatic N) is 1. The Bertz CT molecular complexity index is 298. The van der Waals surface area contributed by atoms with Crippen molar-refractivity contribution in [3.05, 3.63) is 0 Å². The Morgan fingerprint density at radius 3 is 1.38 bits per heavy atom. The maximum atomic E-state index is 8.88. The van der Waals surface area contributed by atoms with Crippen LogP contribution in [-0.4, -0.2) is 99.3 Å². The first kappa shape index (κ1) is 33.5. The molecule has 0 aromatic heterocycles. The van der Waals surface area contributed by atoms with Crippen LogP contribution in [0.25, 0.3) is 0 Å². The smallest absolute Gasteiger partial charge is 0.395 e. The molecule has 0 fully saturated rings. The molecule has 180 valence electrons. The molecule has 0 atom stereocenters. The van der Waals surface area contributed by atoms with E-state index in [1.54, 1.807) is 4.90 Å². The lowest BCUT2D eigenvalue weighted by atomic mass is 10.1. The summed E-state index contributed by atoms with van der Waals surface area (Å²) in [4.78, 5) is 23.4. The molecule has 0 spiro atoms. The second-order valence-electron chi connectivity index (χ2n) is 6.34. The van der Waals surface area contributed by atoms with Crippen LogP contribution in [0, 0.1) is 0 Å². The average molecular weight is 450 g/mol. The molecule has 11 heteroatoms. The van der Waals surface area contributed by atoms with E-state index in [-0.39, 0.29) is 26.4 Å². The van der Waals surface area contributed by atoms with Gasteiger partial charge in [0.05, 0.1) is 33.0 Å². The van der Waals surface area contributed by atoms with Gasteiger partial charge < -0.3 is 39.8 Å². The second kappa shape index (κ2) is 27.9. The van der Waals surface area contributed by atoms with E-state index in [2.05, 4.69) is 6.92 Å². The Balaban J connectivity index is -0.000000392. The second-order valence-corrected chi connectivity index (χ2v) is 7.36. The number of rotatable bonds is 17. The van der Waals surface area contributed by atoms with Crippen LogP contribution in [0.15, 0.2) is 0 Å². The standard InChI is InChI=1S/C12H26O2.C6H15NO3.H3O4P/c1-2-3-4-5-6-7-8-9-11-14-12-10-13;8-4-1-7(2-5-9)3-6-10;1-5(2,3)4/h13H,2-12H2,1H3;8-10H,1-6H2;(H3,1,2,3,4). The van der Waals surface area contributed by atoms with Gasteiger partial charge in [0.15, 0.2) is 0 Å². The Morgan fingerprint density at radius 1 is 0.655 bits per heavy atom. The van der Waals surface area contributed by atoms with Gasteiger partial charge in [0, 0.05) is 26.2 Å². The van der Waals surface area contributed by atoms with Crippen LogP contribution in [0.3, 0.4) is 0 Å². The van der Waals surface area contributed by atoms with Gasteiger partial charge in [-0.25, -0.2) is 4.57 Å². The molecule has 0 aromatic carbocycles. The van der Waals surface area contributed by atoms with Crippen molar-refractivity contribution in [2.75, 3.05) is 59.3 Å². The molecule has 0 saturated heterocycles. The van der Waals surface area contributed by atoms with Crippen LogP contribution in [0.2, 0.25) is 0 Å². The highest BCUT2D eigenvalue weighted by atomic mass is 31.2. The fourth-order valence-electron chi connectivity index (χ4n) is 2.26. The highest BCUT2D eigenvalue weighted by Crippen LogP contribution is 2.25. The van der Waals surface area contributed by atoms with E-state index in [0.29, 0.717) is 26.2 Å². The maximum Gasteiger partial charge on any atom is 0.466 e. The van der Waals surface area contributed by atoms with Gasteiger partial charge in [0.2, 0.25) is 0 Å². The van der Waals surface area contributed by atoms with Crippen molar-refractivity contribution >= 4 is 7.82 Å². The van der Waals surface area contributed by atoms with Crippen LogP contribution >= 0.6 is 7.82 Å². The summed E-state index contributed by atoms with van der Waals surface area (Å²) in [7, 11) is -4.64. The molecule has 0 rings (SSSR count). The van der Waals surface area contributed by atoms with Crippen LogP contribution < -0.4 is 0 Å². The molecule has 0 aliphatic rings. The van der Waals surface area contributed by atoms with Crippen molar-refractivity contribution in [3.63, 3.8) is 0 Å². The number of hydrogen-bond acceptors (Lipinski definition) is 7. The molecule has 0 aromatic rings. The average Bonchev–Trinajstić information content (AvgIpc) is 2.63. The van der Waals surface area contributed by atoms with Crippen LogP contribution in [-0.2, 0) is 9.30 Å². The molecule has 0 unspecified atom stereocenters. The summed E-state index contributed by atoms with van der Waals surface area (Å²) >= 11 is 0. The van der Waals surface area contributed by atoms with Crippen LogP contribution in [0.4, 0.5) is 0 Å². The predicted molar refractivity (Wildman–Crippen MR) is 112 cm³/mol. The van der Waals surface area contributed by atoms with E-state index in [1.807, 2.05) is 0 Å². The highest BCUT2D eigenvalue weighted by molar-refractivity contribution is 7.45. The quantitative estimate of drug-likeness (QED) is 0.122. The number of hydrogen-bond donors (Lipinski definition) is 7. The van der Waals surface area contributed by atoms with Crippen molar-refractivity contribution in [1.82, 2.24) is 4.90 Å². The minimum absolute atomic E-state index is 0.0694. The topological polar surface area (TPSA) is 171 Å². The normalized spacial score (nSPS) is 10.9. The summed E-state index contributed by atoms with van der Waals surface area (Å²) in [6, 6.07) is 0. The summed E-state index contributed by atoms with van der Waals surface area (Å²) < 4.78 is 14.1. The third-order valence-corrected chi connectivity index (χ3v) is 3.63. The molecular formula is C18H44NO9P. The SMILES string of the molecule is CCCCCCCCCCOCCO.O=P(O)(O)O.OCCN(CCO)CCO. The fraction of sp³-hybridized carbons (Fsp3) is 1.00. The number of unbranched alkanes of at least 4 members (excludes halogenated alkanes) is 7. The van der Waals surface area contributed by atoms with E-state index in [9.17, 15) is 0 Å². The summed E-state index contributed by atoms with van der Waals surface area (Å²) in [6.07, 6.45) is 10.6. The molecule has 0 aliphatic carbocycles. The van der Waals surface area contributed by atoms with E-state index < -0.39 is 7.82 Å². The minimum Gasteiger partial charge on any atom is -0.395 e. The van der Waals surface area contributed by atoms with Gasteiger partial charge in [-0.15, -0.1) is 0 Å². The van der Waals surface area contributed by atoms with Crippen molar-refractivity contribution in [1.29, 1.82) is 0 Å². The van der Waals surface area contributed by atoms with Crippen molar-refractivity contribution in [2.45, 2.75) is 58.3 Å². The molecular weight excluding hydrogens is 405 g/mol. The molecule has 0 bridgehead atoms. The summed E-state index contributed by atoms with van der Waals surface area (Å²) in [5.74, 6) is 0. The number of aliphatic hydroxyl groups excluding tert-OH is 4. The molecule has 7 N–H and O–H groups in total. The monoisotopic (exact) mass is 449 g/mol. The first-order valence-electron chi connectivity index (χ1n) is 10.3. The lowest BCUT2D eigenvalue weighted by Crippen LogP contribution is -2.32. The van der Waals surface area contributed by atoms with Crippen LogP contribution in [0.5, 0.6) is 0 Å². The molecule has 0 amide bonds. The highest BCUT2D eigenvalue weighted by Gasteiger charge is 2.00. The summed E-state index contributed by atoms with van der Waals surface area (Å²) in [5, 5.41) is 33.9. The maximum absolute atomic E-state index is 8.88. The Morgan fingerprint density at radius 2 is 1.03 bits per heavy atom. The van der Waals surface area contributed by atoms with Gasteiger partial charge in [0.1, 0.15) is 0 Å². The lowest BCUT2D eigenvalue weighted by molar-refractivity contribution is 0.0895. The van der Waals surface area contributed by atoms with Gasteiger partial charge in [-0.2, -0.15) is 0 Å². The van der Waals surface area contributed by atoms with Crippen molar-refractivity contribution < 1.29 is 44.4 Å². The number of phosphoric acid groups is 1. The van der Waals surface area contributed by atoms with Crippen LogP contribution in [0.1, 0.15) is 58.3 Å². The van der Waals surface area contributed by atoms with Gasteiger partial charge in [-0.05, 0) is 6.42 Å². The van der Waals surface area contributed by atoms with E-state index >= 15 is 0 Å². The number of aliphatic hydroxyl groups is 4. The van der Waals surface area contributed by atoms with Gasteiger partial charge >= 0.3 is 7.82 Å². The zero-order chi connectivity index (χ0) is 22.8. The van der Waals surface area contributed by atoms with Gasteiger partial charge in [-0.1, -0.05) is 51.9 Å². The third kappa shape index (κ3) is 47.2. The van der Waals surface area contributed by atoms with E-state index in [0.717, 1.165) is 13.0 Å². The Kier molecular flexibility index (Phi) is 32.2. The zero-order valence-corrected chi connectivity index (χ0v) is 18.8. The Labute approximate surface area is 175 Å². The minimum atomic E-state index is -4.64. The van der Waals surface area contributed by atoms with E-state index in [1.165, 1.54) is 44.9 Å². The predicted octanol–water partition coefficient (Wildman–Crippen LogP) is 0.473. The van der Waals surface area contributed by atoms with Crippen molar-refractivity contribution in [3.8, 4) is 0 Å². The molecule has 0 radical (unpaired) electrons. The number of ether oxygens (including phenoxy) is 1. The third-order valence-electron chi connectivity index (χ3n) is 3.63. The molecule has 0 saturated carbocycles. The molecule has 10 nitrogen and oxygen atoms in total. The van der Waals surface area contributed by atoms with Crippen molar-refractivity contribution in [2.24, 2.45) is 0 Å². The molecule has 29 heavy (non-hydrogen) atoms. The zero-order valence-electron chi connectivity index (χ0n) is 17.9. The molecule has 0 heterocycles. The van der Waals surface area contributed by atoms with Gasteiger partial charge in [0.25, 0.3) is 0 Å². The van der Waals surface area contributed by atoms with Gasteiger partial charge in [-0.3, -0.25) is 4.90 Å². The molecule has 0 aliphatic heterocycles. The largest absolute Gasteiger partial charge is 0.466 e. The lowest BCUT2D eigenvalue weighted by Gasteiger charge is -2.17. The van der Waals surface area contributed by atoms with E-state index in [4.69, 9.17) is 44.4 Å². The first-order chi connectivity index (χ1) is 13.8. The summed E-state index contributed by atoms with van der Waals surface area (Å²) in [6.45, 7) is 5.46. The Hall–Kier alpha value is -0.130. The summed E-state index contributed by atoms with van der Waals surface area (Å²) in [5.41, 5.74) is 0.